The number of hydrogen-bond acceptors (Lipinski definition) is 1. The summed E-state index contributed by atoms with van der Waals surface area (Å²) in [4.78, 5) is 0. The van der Waals surface area contributed by atoms with Crippen LogP contribution in [0.3, 0.4) is 0 Å². The molecule has 1 rings (SSSR count). The molecule has 0 saturated carbocycles. The molecule has 0 fully saturated rings. The molecule has 0 aliphatic heterocycles. The van der Waals surface area contributed by atoms with Crippen molar-refractivity contribution in [1.29, 1.82) is 0 Å². The summed E-state index contributed by atoms with van der Waals surface area (Å²) in [6, 6.07) is 0. The molecule has 1 aliphatic carbocycles. The van der Waals surface area contributed by atoms with Gasteiger partial charge in [-0.1, -0.05) is 0 Å². The van der Waals surface area contributed by atoms with Crippen molar-refractivity contribution in [3.8, 4) is 0 Å². The molecule has 14 heavy (non-hydrogen) atoms. The van der Waals surface area contributed by atoms with Crippen molar-refractivity contribution in [2.24, 2.45) is 5.41 Å². The Bertz CT molecular complexity index is 208. The number of aliphatic hydroxyl groups is 1. The van der Waals surface area contributed by atoms with Gasteiger partial charge in [-0.3, -0.25) is 0 Å². The summed E-state index contributed by atoms with van der Waals surface area (Å²) in [5.74, 6) is 0. The third-order valence-electron chi connectivity index (χ3n) is 2.58. The third kappa shape index (κ3) is 4.34. The Morgan fingerprint density at radius 2 is 2.29 bits per heavy atom. The first kappa shape index (κ1) is 12.6. The average Bonchev–Trinajstić information content (AvgIpc) is 2.00. The number of rotatable bonds is 4. The number of hydrogen-bond donors (Lipinski definition) is 1. The van der Waals surface area contributed by atoms with Gasteiger partial charge in [-0.05, 0) is 0 Å². The zero-order valence-corrected chi connectivity index (χ0v) is 11.9. The second-order valence-electron chi connectivity index (χ2n) is 4.95. The van der Waals surface area contributed by atoms with E-state index in [2.05, 4.69) is 26.8 Å². The van der Waals surface area contributed by atoms with Crippen LogP contribution in [0.2, 0.25) is 4.47 Å². The Morgan fingerprint density at radius 3 is 2.86 bits per heavy atom. The normalized spacial score (nSPS) is 26.0. The maximum absolute atomic E-state index is 9.72. The molecule has 82 valence electrons. The fraction of sp³-hybridized carbons (Fsp3) is 0.833. The molecule has 1 unspecified atom stereocenters. The molecule has 0 aromatic rings. The van der Waals surface area contributed by atoms with Crippen molar-refractivity contribution in [1.82, 2.24) is 0 Å². The van der Waals surface area contributed by atoms with Gasteiger partial charge < -0.3 is 0 Å². The minimum absolute atomic E-state index is 0.0340. The second kappa shape index (κ2) is 5.54. The maximum atomic E-state index is 9.72. The zero-order chi connectivity index (χ0) is 10.6. The minimum atomic E-state index is -0.166. The van der Waals surface area contributed by atoms with Crippen molar-refractivity contribution in [2.45, 2.75) is 57.0 Å². The van der Waals surface area contributed by atoms with Crippen LogP contribution in [-0.4, -0.2) is 32.1 Å². The fourth-order valence-electron chi connectivity index (χ4n) is 1.89. The van der Waals surface area contributed by atoms with Crippen LogP contribution in [0.4, 0.5) is 0 Å². The van der Waals surface area contributed by atoms with Crippen molar-refractivity contribution in [3.05, 3.63) is 9.70 Å². The van der Waals surface area contributed by atoms with E-state index in [9.17, 15) is 5.11 Å². The quantitative estimate of drug-likeness (QED) is 0.625. The summed E-state index contributed by atoms with van der Waals surface area (Å²) in [5.41, 5.74) is 0.334. The molecule has 1 nitrogen and oxygen atoms in total. The molecule has 0 bridgehead atoms. The first-order chi connectivity index (χ1) is 6.53. The van der Waals surface area contributed by atoms with Gasteiger partial charge in [0, 0.05) is 0 Å². The molecule has 0 saturated heterocycles. The van der Waals surface area contributed by atoms with Gasteiger partial charge in [0.05, 0.1) is 0 Å². The SMILES string of the molecule is CCCC[Te]C1=CC(O)CC(C)(C)C1. The number of unbranched alkanes of at least 4 members (excludes halogenated alkanes) is 1. The van der Waals surface area contributed by atoms with Crippen molar-refractivity contribution in [3.63, 3.8) is 0 Å². The Morgan fingerprint density at radius 1 is 1.57 bits per heavy atom. The van der Waals surface area contributed by atoms with E-state index >= 15 is 0 Å². The van der Waals surface area contributed by atoms with Crippen LogP contribution in [0, 0.1) is 5.41 Å². The third-order valence-corrected chi connectivity index (χ3v) is 5.84. The van der Waals surface area contributed by atoms with Gasteiger partial charge in [-0.25, -0.2) is 0 Å². The van der Waals surface area contributed by atoms with Crippen molar-refractivity contribution in [2.75, 3.05) is 0 Å². The molecule has 0 radical (unpaired) electrons. The fourth-order valence-corrected chi connectivity index (χ4v) is 6.00. The first-order valence-electron chi connectivity index (χ1n) is 5.55. The Labute approximate surface area is 98.1 Å². The van der Waals surface area contributed by atoms with Crippen molar-refractivity contribution < 1.29 is 5.11 Å². The van der Waals surface area contributed by atoms with Crippen LogP contribution in [-0.2, 0) is 0 Å². The topological polar surface area (TPSA) is 20.2 Å². The van der Waals surface area contributed by atoms with E-state index < -0.39 is 0 Å². The average molecular weight is 310 g/mol. The van der Waals surface area contributed by atoms with E-state index in [1.165, 1.54) is 23.7 Å². The Balaban J connectivity index is 2.43. The number of allylic oxidation sites excluding steroid dienone is 1. The molecule has 0 heterocycles. The molecule has 1 atom stereocenters. The van der Waals surface area contributed by atoms with Gasteiger partial charge in [0.1, 0.15) is 0 Å². The Hall–Kier alpha value is 0.490. The van der Waals surface area contributed by atoms with E-state index in [-0.39, 0.29) is 27.0 Å². The molecule has 0 aromatic heterocycles. The van der Waals surface area contributed by atoms with Crippen LogP contribution in [0.1, 0.15) is 46.5 Å². The van der Waals surface area contributed by atoms with E-state index in [1.54, 1.807) is 3.62 Å². The predicted molar refractivity (Wildman–Crippen MR) is 62.6 cm³/mol. The summed E-state index contributed by atoms with van der Waals surface area (Å²) in [5, 5.41) is 9.72. The summed E-state index contributed by atoms with van der Waals surface area (Å²) >= 11 is 0.0340. The molecule has 1 N–H and O–H groups in total. The van der Waals surface area contributed by atoms with Crippen LogP contribution in [0.5, 0.6) is 0 Å². The standard InChI is InChI=1S/C12H22OTe/c1-4-5-6-14-11-7-10(13)8-12(2,3)9-11/h7,10,13H,4-6,8-9H2,1-3H3. The zero-order valence-electron chi connectivity index (χ0n) is 9.55. The first-order valence-corrected chi connectivity index (χ1v) is 8.36. The summed E-state index contributed by atoms with van der Waals surface area (Å²) in [6.45, 7) is 6.80. The van der Waals surface area contributed by atoms with Gasteiger partial charge in [-0.2, -0.15) is 0 Å². The molecule has 0 aromatic carbocycles. The molecule has 1 aliphatic rings. The molecular formula is C12H22OTe. The van der Waals surface area contributed by atoms with Gasteiger partial charge in [0.25, 0.3) is 0 Å². The van der Waals surface area contributed by atoms with Gasteiger partial charge in [0.15, 0.2) is 0 Å². The van der Waals surface area contributed by atoms with Crippen LogP contribution in [0.15, 0.2) is 9.70 Å². The van der Waals surface area contributed by atoms with Crippen LogP contribution < -0.4 is 0 Å². The predicted octanol–water partition coefficient (Wildman–Crippen LogP) is 2.97. The van der Waals surface area contributed by atoms with E-state index in [4.69, 9.17) is 0 Å². The molecule has 2 heteroatoms. The molecule has 0 amide bonds. The number of aliphatic hydroxyl groups excluding tert-OH is 1. The van der Waals surface area contributed by atoms with Gasteiger partial charge in [0.2, 0.25) is 0 Å². The summed E-state index contributed by atoms with van der Waals surface area (Å²) in [6.07, 6.45) is 6.83. The Kier molecular flexibility index (Phi) is 4.97. The van der Waals surface area contributed by atoms with Gasteiger partial charge in [-0.15, -0.1) is 0 Å². The van der Waals surface area contributed by atoms with E-state index in [0.717, 1.165) is 6.42 Å². The summed E-state index contributed by atoms with van der Waals surface area (Å²) in [7, 11) is 0. The van der Waals surface area contributed by atoms with Crippen molar-refractivity contribution >= 4 is 20.9 Å². The molecular weight excluding hydrogens is 288 g/mol. The van der Waals surface area contributed by atoms with E-state index in [0.29, 0.717) is 5.41 Å². The monoisotopic (exact) mass is 312 g/mol. The summed E-state index contributed by atoms with van der Waals surface area (Å²) < 4.78 is 3.02. The van der Waals surface area contributed by atoms with Crippen LogP contribution in [0.25, 0.3) is 0 Å². The van der Waals surface area contributed by atoms with E-state index in [1.807, 2.05) is 0 Å². The van der Waals surface area contributed by atoms with Crippen LogP contribution >= 0.6 is 0 Å². The molecule has 0 spiro atoms. The second-order valence-corrected chi connectivity index (χ2v) is 8.43. The van der Waals surface area contributed by atoms with Gasteiger partial charge >= 0.3 is 98.2 Å².